The Labute approximate surface area is 348 Å². The highest BCUT2D eigenvalue weighted by molar-refractivity contribution is 6.24. The van der Waals surface area contributed by atoms with E-state index >= 15 is 0 Å². The van der Waals surface area contributed by atoms with Gasteiger partial charge in [-0.2, -0.15) is 0 Å². The summed E-state index contributed by atoms with van der Waals surface area (Å²) in [5.41, 5.74) is 17.8. The lowest BCUT2D eigenvalue weighted by Crippen LogP contribution is -2.16. The molecular formula is C57H40N2O. The van der Waals surface area contributed by atoms with E-state index in [1.54, 1.807) is 6.26 Å². The van der Waals surface area contributed by atoms with Gasteiger partial charge in [-0.15, -0.1) is 0 Å². The Morgan fingerprint density at radius 1 is 0.417 bits per heavy atom. The number of benzene rings is 8. The smallest absolute Gasteiger partial charge is 0.133 e. The third-order valence-electron chi connectivity index (χ3n) is 12.9. The molecule has 3 nitrogen and oxygen atoms in total. The molecule has 0 saturated heterocycles. The fourth-order valence-electron chi connectivity index (χ4n) is 9.91. The van der Waals surface area contributed by atoms with Crippen LogP contribution in [-0.4, -0.2) is 4.40 Å². The standard InChI is InChI=1S/C57H40N2O/c1-57(2)51-18-7-4-15-45(51)46-31-30-44(36-52(46)57)58(42-26-22-38(23-27-42)37-13-11-14-40-12-3-10-21-55(40)60-33-32-37)43-28-24-39(25-29-43)41-34-49-47-16-5-8-19-53(47)59-54-20-9-6-17-48(54)50(35-41)56(49)59/h3-36H,1-2H3. The van der Waals surface area contributed by atoms with Crippen molar-refractivity contribution in [2.24, 2.45) is 0 Å². The van der Waals surface area contributed by atoms with E-state index in [0.29, 0.717) is 0 Å². The van der Waals surface area contributed by atoms with Gasteiger partial charge in [0.2, 0.25) is 0 Å². The molecule has 0 atom stereocenters. The van der Waals surface area contributed by atoms with E-state index in [1.807, 2.05) is 24.3 Å². The van der Waals surface area contributed by atoms with Crippen LogP contribution in [0.15, 0.2) is 211 Å². The van der Waals surface area contributed by atoms with Gasteiger partial charge in [-0.05, 0) is 117 Å². The Hall–Kier alpha value is -7.62. The van der Waals surface area contributed by atoms with Crippen molar-refractivity contribution in [2.45, 2.75) is 19.3 Å². The third kappa shape index (κ3) is 5.22. The fraction of sp³-hybridized carbons (Fsp3) is 0.0526. The van der Waals surface area contributed by atoms with Crippen LogP contribution in [0.5, 0.6) is 0 Å². The van der Waals surface area contributed by atoms with E-state index in [1.165, 1.54) is 71.5 Å². The number of hydrogen-bond acceptors (Lipinski definition) is 2. The zero-order chi connectivity index (χ0) is 40.0. The molecule has 0 fully saturated rings. The topological polar surface area (TPSA) is 20.8 Å². The van der Waals surface area contributed by atoms with Gasteiger partial charge >= 0.3 is 0 Å². The molecule has 284 valence electrons. The zero-order valence-corrected chi connectivity index (χ0v) is 33.4. The summed E-state index contributed by atoms with van der Waals surface area (Å²) in [6.07, 6.45) is 1.78. The van der Waals surface area contributed by atoms with Crippen molar-refractivity contribution in [1.29, 1.82) is 0 Å². The first-order valence-corrected chi connectivity index (χ1v) is 20.7. The Kier molecular flexibility index (Phi) is 7.58. The maximum atomic E-state index is 6.04. The summed E-state index contributed by atoms with van der Waals surface area (Å²) in [6.45, 7) is 4.70. The van der Waals surface area contributed by atoms with E-state index in [2.05, 4.69) is 199 Å². The molecule has 0 amide bonds. The lowest BCUT2D eigenvalue weighted by atomic mass is 9.82. The molecule has 0 radical (unpaired) electrons. The van der Waals surface area contributed by atoms with E-state index in [-0.39, 0.29) is 5.41 Å². The predicted molar refractivity (Wildman–Crippen MR) is 252 cm³/mol. The van der Waals surface area contributed by atoms with Crippen LogP contribution in [0.1, 0.15) is 25.0 Å². The average molecular weight is 769 g/mol. The van der Waals surface area contributed by atoms with Gasteiger partial charge in [-0.3, -0.25) is 0 Å². The van der Waals surface area contributed by atoms with E-state index in [4.69, 9.17) is 4.42 Å². The van der Waals surface area contributed by atoms with E-state index in [0.717, 1.165) is 39.2 Å². The molecular weight excluding hydrogens is 729 g/mol. The molecule has 0 bridgehead atoms. The van der Waals surface area contributed by atoms with Gasteiger partial charge in [-0.1, -0.05) is 141 Å². The fourth-order valence-corrected chi connectivity index (χ4v) is 9.91. The number of rotatable bonds is 5. The number of nitrogens with zero attached hydrogens (tertiary/aromatic N) is 2. The van der Waals surface area contributed by atoms with Crippen LogP contribution < -0.4 is 4.90 Å². The quantitative estimate of drug-likeness (QED) is 0.174. The molecule has 0 N–H and O–H groups in total. The molecule has 1 aliphatic carbocycles. The van der Waals surface area contributed by atoms with Crippen molar-refractivity contribution >= 4 is 66.1 Å². The molecule has 3 heteroatoms. The molecule has 12 rings (SSSR count). The zero-order valence-electron chi connectivity index (χ0n) is 33.4. The molecule has 0 saturated carbocycles. The summed E-state index contributed by atoms with van der Waals surface area (Å²) in [5.74, 6) is 0. The second-order valence-electron chi connectivity index (χ2n) is 16.6. The third-order valence-corrected chi connectivity index (χ3v) is 12.9. The van der Waals surface area contributed by atoms with Crippen molar-refractivity contribution in [3.05, 3.63) is 218 Å². The lowest BCUT2D eigenvalue weighted by molar-refractivity contribution is 0.607. The first-order valence-electron chi connectivity index (χ1n) is 20.7. The number of fused-ring (bicyclic) bond motifs is 10. The highest BCUT2D eigenvalue weighted by Crippen LogP contribution is 2.51. The van der Waals surface area contributed by atoms with Crippen molar-refractivity contribution in [2.75, 3.05) is 4.90 Å². The molecule has 11 aromatic rings. The van der Waals surface area contributed by atoms with E-state index < -0.39 is 0 Å². The van der Waals surface area contributed by atoms with Gasteiger partial charge < -0.3 is 13.7 Å². The van der Waals surface area contributed by atoms with E-state index in [9.17, 15) is 0 Å². The van der Waals surface area contributed by atoms with Crippen molar-refractivity contribution < 1.29 is 4.42 Å². The molecule has 3 aromatic heterocycles. The lowest BCUT2D eigenvalue weighted by Gasteiger charge is -2.28. The number of aromatic nitrogens is 1. The summed E-state index contributed by atoms with van der Waals surface area (Å²) in [6, 6.07) is 72.7. The SMILES string of the molecule is CC1(C)c2ccccc2-c2ccc(N(c3ccc(-c4cccc5ccccc5occ4)cc3)c3ccc(-c4cc5c6ccccc6n6c7ccccc7c(c4)c56)cc3)cc21. The van der Waals surface area contributed by atoms with Crippen LogP contribution in [0.4, 0.5) is 17.1 Å². The highest BCUT2D eigenvalue weighted by Gasteiger charge is 2.35. The van der Waals surface area contributed by atoms with Gasteiger partial charge in [-0.25, -0.2) is 0 Å². The van der Waals surface area contributed by atoms with Crippen LogP contribution in [-0.2, 0) is 5.41 Å². The Balaban J connectivity index is 0.981. The molecule has 0 aliphatic heterocycles. The summed E-state index contributed by atoms with van der Waals surface area (Å²) < 4.78 is 8.48. The van der Waals surface area contributed by atoms with Crippen molar-refractivity contribution in [3.8, 4) is 33.4 Å². The second-order valence-corrected chi connectivity index (χ2v) is 16.6. The monoisotopic (exact) mass is 768 g/mol. The first kappa shape index (κ1) is 34.4. The summed E-state index contributed by atoms with van der Waals surface area (Å²) in [4.78, 5) is 2.40. The first-order chi connectivity index (χ1) is 29.5. The Morgan fingerprint density at radius 3 is 1.68 bits per heavy atom. The van der Waals surface area contributed by atoms with Crippen LogP contribution in [0.2, 0.25) is 0 Å². The maximum Gasteiger partial charge on any atom is 0.133 e. The van der Waals surface area contributed by atoms with Gasteiger partial charge in [0.25, 0.3) is 0 Å². The number of para-hydroxylation sites is 3. The minimum Gasteiger partial charge on any atom is -0.464 e. The van der Waals surface area contributed by atoms with Crippen molar-refractivity contribution in [1.82, 2.24) is 4.40 Å². The normalized spacial score (nSPS) is 13.0. The van der Waals surface area contributed by atoms with Gasteiger partial charge in [0.05, 0.1) is 22.8 Å². The molecule has 0 unspecified atom stereocenters. The molecule has 0 spiro atoms. The predicted octanol–water partition coefficient (Wildman–Crippen LogP) is 15.8. The molecule has 8 aromatic carbocycles. The maximum absolute atomic E-state index is 6.04. The van der Waals surface area contributed by atoms with Crippen LogP contribution in [0.25, 0.3) is 82.4 Å². The molecule has 3 heterocycles. The van der Waals surface area contributed by atoms with Gasteiger partial charge in [0.15, 0.2) is 0 Å². The van der Waals surface area contributed by atoms with Crippen molar-refractivity contribution in [3.63, 3.8) is 0 Å². The van der Waals surface area contributed by atoms with Crippen LogP contribution >= 0.6 is 0 Å². The largest absolute Gasteiger partial charge is 0.464 e. The Bertz CT molecular complexity index is 3390. The summed E-state index contributed by atoms with van der Waals surface area (Å²) in [5, 5.41) is 6.20. The minimum atomic E-state index is -0.117. The van der Waals surface area contributed by atoms with Gasteiger partial charge in [0.1, 0.15) is 5.58 Å². The Morgan fingerprint density at radius 2 is 0.967 bits per heavy atom. The molecule has 1 aliphatic rings. The number of hydrogen-bond donors (Lipinski definition) is 0. The van der Waals surface area contributed by atoms with Crippen LogP contribution in [0.3, 0.4) is 0 Å². The van der Waals surface area contributed by atoms with Crippen LogP contribution in [0, 0.1) is 0 Å². The average Bonchev–Trinajstić information content (AvgIpc) is 3.91. The number of anilines is 3. The van der Waals surface area contributed by atoms with Gasteiger partial charge in [0, 0.05) is 49.4 Å². The summed E-state index contributed by atoms with van der Waals surface area (Å²) in [7, 11) is 0. The minimum absolute atomic E-state index is 0.117. The summed E-state index contributed by atoms with van der Waals surface area (Å²) >= 11 is 0. The highest BCUT2D eigenvalue weighted by atomic mass is 16.3. The second kappa shape index (κ2) is 13.2. The molecule has 60 heavy (non-hydrogen) atoms.